The summed E-state index contributed by atoms with van der Waals surface area (Å²) in [6.45, 7) is 4.14. The first-order valence-electron chi connectivity index (χ1n) is 6.88. The SMILES string of the molecule is CCN(Cc1ccccn1)c1ccc(F)cc1CCN. The molecule has 0 bridgehead atoms. The van der Waals surface area contributed by atoms with Crippen molar-refractivity contribution in [2.45, 2.75) is 19.9 Å². The van der Waals surface area contributed by atoms with Crippen LogP contribution < -0.4 is 10.6 Å². The molecule has 0 atom stereocenters. The van der Waals surface area contributed by atoms with E-state index in [1.54, 1.807) is 12.3 Å². The summed E-state index contributed by atoms with van der Waals surface area (Å²) in [5.74, 6) is -0.217. The van der Waals surface area contributed by atoms with Crippen LogP contribution >= 0.6 is 0 Å². The number of hydrogen-bond donors (Lipinski definition) is 1. The summed E-state index contributed by atoms with van der Waals surface area (Å²) in [5, 5.41) is 0. The van der Waals surface area contributed by atoms with Crippen LogP contribution in [0.1, 0.15) is 18.2 Å². The third-order valence-corrected chi connectivity index (χ3v) is 3.26. The molecule has 20 heavy (non-hydrogen) atoms. The molecule has 0 fully saturated rings. The number of hydrogen-bond acceptors (Lipinski definition) is 3. The normalized spacial score (nSPS) is 10.6. The van der Waals surface area contributed by atoms with Crippen LogP contribution in [0.15, 0.2) is 42.6 Å². The van der Waals surface area contributed by atoms with Gasteiger partial charge in [-0.05, 0) is 55.8 Å². The zero-order valence-electron chi connectivity index (χ0n) is 11.7. The second-order valence-electron chi connectivity index (χ2n) is 4.65. The first-order chi connectivity index (χ1) is 9.74. The molecule has 2 N–H and O–H groups in total. The van der Waals surface area contributed by atoms with Crippen molar-refractivity contribution in [1.29, 1.82) is 0 Å². The van der Waals surface area contributed by atoms with Crippen LogP contribution in [0.4, 0.5) is 10.1 Å². The number of pyridine rings is 1. The number of nitrogens with two attached hydrogens (primary N) is 1. The molecule has 0 amide bonds. The average molecular weight is 273 g/mol. The number of anilines is 1. The topological polar surface area (TPSA) is 42.2 Å². The Bertz CT molecular complexity index is 543. The van der Waals surface area contributed by atoms with E-state index in [-0.39, 0.29) is 5.82 Å². The Balaban J connectivity index is 2.27. The first kappa shape index (κ1) is 14.5. The number of nitrogens with zero attached hydrogens (tertiary/aromatic N) is 2. The van der Waals surface area contributed by atoms with Gasteiger partial charge in [0.2, 0.25) is 0 Å². The molecule has 3 nitrogen and oxygen atoms in total. The van der Waals surface area contributed by atoms with E-state index in [1.807, 2.05) is 24.3 Å². The van der Waals surface area contributed by atoms with E-state index in [0.717, 1.165) is 23.5 Å². The fraction of sp³-hybridized carbons (Fsp3) is 0.312. The van der Waals surface area contributed by atoms with Crippen LogP contribution in [-0.2, 0) is 13.0 Å². The van der Waals surface area contributed by atoms with Gasteiger partial charge in [-0.15, -0.1) is 0 Å². The summed E-state index contributed by atoms with van der Waals surface area (Å²) in [4.78, 5) is 6.53. The Morgan fingerprint density at radius 1 is 1.25 bits per heavy atom. The van der Waals surface area contributed by atoms with E-state index in [0.29, 0.717) is 19.5 Å². The predicted molar refractivity (Wildman–Crippen MR) is 80.1 cm³/mol. The smallest absolute Gasteiger partial charge is 0.123 e. The maximum Gasteiger partial charge on any atom is 0.123 e. The van der Waals surface area contributed by atoms with Crippen LogP contribution in [-0.4, -0.2) is 18.1 Å². The highest BCUT2D eigenvalue weighted by Gasteiger charge is 2.11. The molecular weight excluding hydrogens is 253 g/mol. The zero-order chi connectivity index (χ0) is 14.4. The lowest BCUT2D eigenvalue weighted by Crippen LogP contribution is -2.24. The van der Waals surface area contributed by atoms with Gasteiger partial charge in [0.15, 0.2) is 0 Å². The maximum absolute atomic E-state index is 13.4. The highest BCUT2D eigenvalue weighted by molar-refractivity contribution is 5.54. The van der Waals surface area contributed by atoms with E-state index in [9.17, 15) is 4.39 Å². The van der Waals surface area contributed by atoms with Gasteiger partial charge >= 0.3 is 0 Å². The molecule has 2 aromatic rings. The van der Waals surface area contributed by atoms with Gasteiger partial charge in [0.25, 0.3) is 0 Å². The van der Waals surface area contributed by atoms with Crippen molar-refractivity contribution in [1.82, 2.24) is 4.98 Å². The standard InChI is InChI=1S/C16H20FN3/c1-2-20(12-15-5-3-4-10-19-15)16-7-6-14(17)11-13(16)8-9-18/h3-7,10-11H,2,8-9,12,18H2,1H3. The highest BCUT2D eigenvalue weighted by atomic mass is 19.1. The van der Waals surface area contributed by atoms with Crippen molar-refractivity contribution in [2.24, 2.45) is 5.73 Å². The molecule has 0 radical (unpaired) electrons. The molecule has 0 unspecified atom stereocenters. The largest absolute Gasteiger partial charge is 0.366 e. The molecule has 0 saturated heterocycles. The maximum atomic E-state index is 13.4. The molecule has 1 heterocycles. The van der Waals surface area contributed by atoms with Crippen molar-refractivity contribution in [3.63, 3.8) is 0 Å². The van der Waals surface area contributed by atoms with E-state index < -0.39 is 0 Å². The number of halogens is 1. The average Bonchev–Trinajstić information content (AvgIpc) is 2.47. The Morgan fingerprint density at radius 3 is 2.75 bits per heavy atom. The summed E-state index contributed by atoms with van der Waals surface area (Å²) in [5.41, 5.74) is 8.60. The quantitative estimate of drug-likeness (QED) is 0.880. The minimum atomic E-state index is -0.217. The molecule has 0 aliphatic rings. The molecule has 1 aromatic carbocycles. The van der Waals surface area contributed by atoms with E-state index in [1.165, 1.54) is 6.07 Å². The van der Waals surface area contributed by atoms with Crippen LogP contribution in [0.5, 0.6) is 0 Å². The van der Waals surface area contributed by atoms with Crippen molar-refractivity contribution >= 4 is 5.69 Å². The Morgan fingerprint density at radius 2 is 2.10 bits per heavy atom. The summed E-state index contributed by atoms with van der Waals surface area (Å²) >= 11 is 0. The summed E-state index contributed by atoms with van der Waals surface area (Å²) in [6.07, 6.45) is 2.46. The Hall–Kier alpha value is -1.94. The molecule has 1 aromatic heterocycles. The summed E-state index contributed by atoms with van der Waals surface area (Å²) < 4.78 is 13.4. The minimum Gasteiger partial charge on any atom is -0.366 e. The molecule has 106 valence electrons. The Kier molecular flexibility index (Phi) is 5.07. The van der Waals surface area contributed by atoms with Gasteiger partial charge in [-0.2, -0.15) is 0 Å². The van der Waals surface area contributed by atoms with Crippen molar-refractivity contribution in [3.05, 3.63) is 59.7 Å². The third kappa shape index (κ3) is 3.54. The van der Waals surface area contributed by atoms with Gasteiger partial charge in [0, 0.05) is 18.4 Å². The van der Waals surface area contributed by atoms with Gasteiger partial charge in [-0.25, -0.2) is 4.39 Å². The Labute approximate surface area is 119 Å². The number of benzene rings is 1. The lowest BCUT2D eigenvalue weighted by Gasteiger charge is -2.25. The second kappa shape index (κ2) is 7.01. The van der Waals surface area contributed by atoms with Gasteiger partial charge in [0.05, 0.1) is 12.2 Å². The fourth-order valence-electron chi connectivity index (χ4n) is 2.27. The molecule has 0 spiro atoms. The van der Waals surface area contributed by atoms with Crippen LogP contribution in [0.3, 0.4) is 0 Å². The van der Waals surface area contributed by atoms with Gasteiger partial charge < -0.3 is 10.6 Å². The molecular formula is C16H20FN3. The van der Waals surface area contributed by atoms with E-state index in [2.05, 4.69) is 16.8 Å². The highest BCUT2D eigenvalue weighted by Crippen LogP contribution is 2.23. The monoisotopic (exact) mass is 273 g/mol. The van der Waals surface area contributed by atoms with E-state index >= 15 is 0 Å². The molecule has 2 rings (SSSR count). The fourth-order valence-corrected chi connectivity index (χ4v) is 2.27. The van der Waals surface area contributed by atoms with Gasteiger partial charge in [-0.3, -0.25) is 4.98 Å². The van der Waals surface area contributed by atoms with Crippen LogP contribution in [0.2, 0.25) is 0 Å². The van der Waals surface area contributed by atoms with Crippen LogP contribution in [0.25, 0.3) is 0 Å². The molecule has 0 aliphatic carbocycles. The predicted octanol–water partition coefficient (Wildman–Crippen LogP) is 2.75. The van der Waals surface area contributed by atoms with E-state index in [4.69, 9.17) is 5.73 Å². The minimum absolute atomic E-state index is 0.217. The number of rotatable bonds is 6. The molecule has 0 aliphatic heterocycles. The van der Waals surface area contributed by atoms with Crippen molar-refractivity contribution in [2.75, 3.05) is 18.0 Å². The summed E-state index contributed by atoms with van der Waals surface area (Å²) in [7, 11) is 0. The summed E-state index contributed by atoms with van der Waals surface area (Å²) in [6, 6.07) is 10.8. The lowest BCUT2D eigenvalue weighted by atomic mass is 10.1. The van der Waals surface area contributed by atoms with Crippen LogP contribution in [0, 0.1) is 5.82 Å². The first-order valence-corrected chi connectivity index (χ1v) is 6.88. The second-order valence-corrected chi connectivity index (χ2v) is 4.65. The van der Waals surface area contributed by atoms with Gasteiger partial charge in [0.1, 0.15) is 5.82 Å². The van der Waals surface area contributed by atoms with Crippen molar-refractivity contribution < 1.29 is 4.39 Å². The lowest BCUT2D eigenvalue weighted by molar-refractivity contribution is 0.624. The van der Waals surface area contributed by atoms with Crippen molar-refractivity contribution in [3.8, 4) is 0 Å². The number of aromatic nitrogens is 1. The molecule has 4 heteroatoms. The third-order valence-electron chi connectivity index (χ3n) is 3.26. The molecule has 0 saturated carbocycles. The zero-order valence-corrected chi connectivity index (χ0v) is 11.7. The van der Waals surface area contributed by atoms with Gasteiger partial charge in [-0.1, -0.05) is 6.07 Å².